The van der Waals surface area contributed by atoms with Gasteiger partial charge in [-0.1, -0.05) is 0 Å². The molecule has 0 aromatic rings. The Morgan fingerprint density at radius 1 is 1.29 bits per heavy atom. The summed E-state index contributed by atoms with van der Waals surface area (Å²) in [5.74, 6) is 0. The van der Waals surface area contributed by atoms with Gasteiger partial charge in [0.25, 0.3) is 0 Å². The van der Waals surface area contributed by atoms with Gasteiger partial charge in [-0.2, -0.15) is 0 Å². The van der Waals surface area contributed by atoms with Gasteiger partial charge in [-0.3, -0.25) is 8.42 Å². The molecule has 0 saturated heterocycles. The monoisotopic (exact) mass is 144 g/mol. The molecule has 7 heteroatoms. The Bertz CT molecular complexity index is 99.7. The predicted octanol–water partition coefficient (Wildman–Crippen LogP) is -7.11. The standard InChI is InChI=1S/2Na.H2O4S.H/c;;1-5(2,3)4;/h;;(H2,1,2,3,4);/q2*+1;;-1/p-1. The summed E-state index contributed by atoms with van der Waals surface area (Å²) in [4.78, 5) is 0. The Balaban J connectivity index is -0.0000000133. The van der Waals surface area contributed by atoms with Crippen LogP contribution in [0.3, 0.4) is 0 Å². The maximum Gasteiger partial charge on any atom is 1.00 e. The van der Waals surface area contributed by atoms with Gasteiger partial charge in [0.05, 0.1) is 0 Å². The summed E-state index contributed by atoms with van der Waals surface area (Å²) in [6.45, 7) is 0. The molecule has 0 aliphatic heterocycles. The first kappa shape index (κ1) is 15.9. The Labute approximate surface area is 88.8 Å². The van der Waals surface area contributed by atoms with Gasteiger partial charge in [-0.25, -0.2) is 0 Å². The Kier molecular flexibility index (Phi) is 13.7. The van der Waals surface area contributed by atoms with Crippen molar-refractivity contribution in [3.8, 4) is 0 Å². The largest absolute Gasteiger partial charge is 1.00 e. The zero-order chi connectivity index (χ0) is 4.50. The molecule has 0 fully saturated rings. The molecule has 0 saturated carbocycles. The van der Waals surface area contributed by atoms with Crippen LogP contribution in [0, 0.1) is 0 Å². The van der Waals surface area contributed by atoms with Crippen LogP contribution in [-0.4, -0.2) is 17.5 Å². The van der Waals surface area contributed by atoms with Gasteiger partial charge in [0.1, 0.15) is 0 Å². The van der Waals surface area contributed by atoms with Gasteiger partial charge < -0.3 is 10.5 Å². The zero-order valence-corrected chi connectivity index (χ0v) is 8.86. The predicted molar refractivity (Wildman–Crippen MR) is 12.7 cm³/mol. The van der Waals surface area contributed by atoms with Crippen LogP contribution >= 0.6 is 0 Å². The minimum absolute atomic E-state index is 0. The molecule has 0 bridgehead atoms. The fourth-order valence-electron chi connectivity index (χ4n) is 0. The molecular weight excluding hydrogens is 142 g/mol. The average molecular weight is 144 g/mol. The molecule has 0 unspecified atom stereocenters. The summed E-state index contributed by atoms with van der Waals surface area (Å²) < 4.78 is 34.1. The van der Waals surface area contributed by atoms with Crippen molar-refractivity contribution >= 4 is 10.4 Å². The maximum absolute atomic E-state index is 8.52. The fraction of sp³-hybridized carbons (Fsp3) is 0. The Morgan fingerprint density at radius 3 is 1.29 bits per heavy atom. The molecule has 7 heavy (non-hydrogen) atoms. The molecule has 0 heterocycles. The van der Waals surface area contributed by atoms with Crippen LogP contribution in [0.15, 0.2) is 0 Å². The number of rotatable bonds is 0. The molecule has 0 aliphatic carbocycles. The zero-order valence-electron chi connectivity index (χ0n) is 6.04. The van der Waals surface area contributed by atoms with Crippen LogP contribution in [0.5, 0.6) is 0 Å². The summed E-state index contributed by atoms with van der Waals surface area (Å²) in [5.41, 5.74) is 0. The normalized spacial score (nSPS) is 8.29. The van der Waals surface area contributed by atoms with E-state index in [4.69, 9.17) is 17.5 Å². The first-order valence-electron chi connectivity index (χ1n) is 0.667. The van der Waals surface area contributed by atoms with E-state index in [9.17, 15) is 0 Å². The topological polar surface area (TPSA) is 80.3 Å². The van der Waals surface area contributed by atoms with Gasteiger partial charge >= 0.3 is 60.5 Å². The second-order valence-electron chi connectivity index (χ2n) is 0.408. The minimum Gasteiger partial charge on any atom is -1.00 e. The molecule has 0 aliphatic rings. The van der Waals surface area contributed by atoms with Crippen LogP contribution in [0.4, 0.5) is 0 Å². The number of hydrogen-bond acceptors (Lipinski definition) is 4. The first-order chi connectivity index (χ1) is 2.00. The maximum atomic E-state index is 8.52. The summed E-state index contributed by atoms with van der Waals surface area (Å²) in [5, 5.41) is 0. The third-order valence-corrected chi connectivity index (χ3v) is 0. The first-order valence-corrected chi connectivity index (χ1v) is 2.00. The molecule has 4 nitrogen and oxygen atoms in total. The van der Waals surface area contributed by atoms with E-state index in [1.54, 1.807) is 0 Å². The molecule has 0 spiro atoms. The van der Waals surface area contributed by atoms with Crippen molar-refractivity contribution in [3.63, 3.8) is 0 Å². The van der Waals surface area contributed by atoms with Crippen molar-refractivity contribution in [2.24, 2.45) is 0 Å². The van der Waals surface area contributed by atoms with E-state index >= 15 is 0 Å². The molecule has 0 aromatic carbocycles. The van der Waals surface area contributed by atoms with Crippen LogP contribution in [0.2, 0.25) is 0 Å². The van der Waals surface area contributed by atoms with Crippen molar-refractivity contribution < 1.29 is 79.5 Å². The summed E-state index contributed by atoms with van der Waals surface area (Å²) >= 11 is 0. The van der Waals surface area contributed by atoms with Gasteiger partial charge in [0.2, 0.25) is 0 Å². The van der Waals surface area contributed by atoms with Gasteiger partial charge in [0, 0.05) is 10.4 Å². The molecule has 0 N–H and O–H groups in total. The summed E-state index contributed by atoms with van der Waals surface area (Å²) in [6.07, 6.45) is 0. The van der Waals surface area contributed by atoms with E-state index in [1.807, 2.05) is 0 Å². The third-order valence-electron chi connectivity index (χ3n) is 0. The van der Waals surface area contributed by atoms with Crippen LogP contribution in [0.25, 0.3) is 0 Å². The van der Waals surface area contributed by atoms with Crippen molar-refractivity contribution in [1.29, 1.82) is 0 Å². The van der Waals surface area contributed by atoms with Crippen LogP contribution < -0.4 is 59.1 Å². The van der Waals surface area contributed by atoms with E-state index in [0.29, 0.717) is 0 Å². The quantitative estimate of drug-likeness (QED) is 0.192. The second-order valence-corrected chi connectivity index (χ2v) is 1.22. The molecule has 0 amide bonds. The Hall–Kier alpha value is 1.87. The summed E-state index contributed by atoms with van der Waals surface area (Å²) in [7, 11) is -5.17. The van der Waals surface area contributed by atoms with Crippen molar-refractivity contribution in [1.82, 2.24) is 0 Å². The molecule has 0 radical (unpaired) electrons. The van der Waals surface area contributed by atoms with Gasteiger partial charge in [-0.05, 0) is 0 Å². The van der Waals surface area contributed by atoms with E-state index < -0.39 is 10.4 Å². The number of hydrogen-bond donors (Lipinski definition) is 0. The fourth-order valence-corrected chi connectivity index (χ4v) is 0. The molecule has 34 valence electrons. The summed E-state index contributed by atoms with van der Waals surface area (Å²) in [6, 6.07) is 0. The van der Waals surface area contributed by atoms with Gasteiger partial charge in [-0.15, -0.1) is 0 Å². The van der Waals surface area contributed by atoms with E-state index in [-0.39, 0.29) is 62.0 Å². The molecular formula is H2Na2O4S. The Morgan fingerprint density at radius 2 is 1.29 bits per heavy atom. The third kappa shape index (κ3) is 77.5. The molecule has 0 rings (SSSR count). The smallest absolute Gasteiger partial charge is 1.00 e. The SMILES string of the molecule is O=S(=O)([O-])[O-].[H+].[H-].[Na+].[Na+]. The molecule has 0 atom stereocenters. The van der Waals surface area contributed by atoms with Gasteiger partial charge in [0.15, 0.2) is 0 Å². The molecule has 0 aromatic heterocycles. The van der Waals surface area contributed by atoms with Crippen LogP contribution in [0.1, 0.15) is 2.85 Å². The van der Waals surface area contributed by atoms with E-state index in [2.05, 4.69) is 0 Å². The van der Waals surface area contributed by atoms with Crippen molar-refractivity contribution in [2.45, 2.75) is 0 Å². The van der Waals surface area contributed by atoms with Crippen LogP contribution in [-0.2, 0) is 10.4 Å². The minimum atomic E-state index is -5.17. The van der Waals surface area contributed by atoms with Crippen molar-refractivity contribution in [3.05, 3.63) is 0 Å². The van der Waals surface area contributed by atoms with Crippen molar-refractivity contribution in [2.75, 3.05) is 0 Å². The van der Waals surface area contributed by atoms with E-state index in [1.165, 1.54) is 0 Å². The average Bonchev–Trinajstić information content (AvgIpc) is 0.722. The van der Waals surface area contributed by atoms with E-state index in [0.717, 1.165) is 0 Å². The second kappa shape index (κ2) is 6.00.